The van der Waals surface area contributed by atoms with Crippen LogP contribution in [0.25, 0.3) is 6.08 Å². The lowest BCUT2D eigenvalue weighted by Crippen LogP contribution is -2.54. The van der Waals surface area contributed by atoms with E-state index in [0.717, 1.165) is 0 Å². The molecule has 1 aliphatic rings. The number of hydrogen-bond donors (Lipinski definition) is 1. The van der Waals surface area contributed by atoms with Crippen molar-refractivity contribution in [2.75, 3.05) is 18.6 Å². The minimum Gasteiger partial charge on any atom is -0.493 e. The number of carbonyl (C=O) groups is 2. The maximum Gasteiger partial charge on any atom is 0.270 e. The third-order valence-electron chi connectivity index (χ3n) is 4.08. The Morgan fingerprint density at radius 2 is 2.07 bits per heavy atom. The Bertz CT molecular complexity index is 1090. The molecule has 30 heavy (non-hydrogen) atoms. The van der Waals surface area contributed by atoms with Crippen molar-refractivity contribution >= 4 is 68.4 Å². The molecule has 3 rings (SSSR count). The van der Waals surface area contributed by atoms with Crippen LogP contribution in [-0.2, 0) is 9.59 Å². The first-order valence-electron chi connectivity index (χ1n) is 8.64. The summed E-state index contributed by atoms with van der Waals surface area (Å²) >= 11 is 14.7. The predicted octanol–water partition coefficient (Wildman–Crippen LogP) is 4.51. The molecule has 0 bridgehead atoms. The van der Waals surface area contributed by atoms with Crippen molar-refractivity contribution in [3.05, 3.63) is 69.7 Å². The molecule has 2 amide bonds. The van der Waals surface area contributed by atoms with E-state index in [0.29, 0.717) is 38.9 Å². The van der Waals surface area contributed by atoms with Gasteiger partial charge in [-0.15, -0.1) is 0 Å². The maximum atomic E-state index is 13.1. The van der Waals surface area contributed by atoms with Crippen molar-refractivity contribution in [1.29, 1.82) is 0 Å². The van der Waals surface area contributed by atoms with Crippen molar-refractivity contribution in [2.24, 2.45) is 0 Å². The topological polar surface area (TPSA) is 67.9 Å². The van der Waals surface area contributed by atoms with Crippen LogP contribution in [0.4, 0.5) is 5.69 Å². The summed E-state index contributed by atoms with van der Waals surface area (Å²) < 4.78 is 11.6. The molecule has 2 aromatic rings. The van der Waals surface area contributed by atoms with E-state index in [-0.39, 0.29) is 10.7 Å². The number of rotatable bonds is 6. The second-order valence-electron chi connectivity index (χ2n) is 6.07. The molecule has 9 heteroatoms. The van der Waals surface area contributed by atoms with Crippen molar-refractivity contribution < 1.29 is 19.1 Å². The van der Waals surface area contributed by atoms with Crippen LogP contribution in [0.3, 0.4) is 0 Å². The van der Waals surface area contributed by atoms with Crippen LogP contribution in [0.15, 0.2) is 59.1 Å². The second kappa shape index (κ2) is 9.42. The van der Waals surface area contributed by atoms with Gasteiger partial charge in [0.15, 0.2) is 16.6 Å². The van der Waals surface area contributed by atoms with E-state index in [2.05, 4.69) is 27.8 Å². The SMILES string of the molecule is C=CCOc1c(Br)cc(/C=C2\C(=O)NC(=S)N(c3cccc(Cl)c3)C2=O)cc1OC. The van der Waals surface area contributed by atoms with Gasteiger partial charge in [-0.1, -0.05) is 30.3 Å². The molecule has 0 unspecified atom stereocenters. The van der Waals surface area contributed by atoms with Gasteiger partial charge in [-0.2, -0.15) is 0 Å². The van der Waals surface area contributed by atoms with Crippen LogP contribution in [0.2, 0.25) is 5.02 Å². The van der Waals surface area contributed by atoms with E-state index in [9.17, 15) is 9.59 Å². The van der Waals surface area contributed by atoms with Crippen LogP contribution < -0.4 is 19.7 Å². The van der Waals surface area contributed by atoms with E-state index in [1.807, 2.05) is 0 Å². The molecular weight excluding hydrogens is 492 g/mol. The summed E-state index contributed by atoms with van der Waals surface area (Å²) in [7, 11) is 1.50. The van der Waals surface area contributed by atoms with Gasteiger partial charge in [0.2, 0.25) is 0 Å². The van der Waals surface area contributed by atoms with E-state index in [1.54, 1.807) is 42.5 Å². The van der Waals surface area contributed by atoms with Crippen molar-refractivity contribution in [1.82, 2.24) is 5.32 Å². The van der Waals surface area contributed by atoms with Gasteiger partial charge in [-0.3, -0.25) is 19.8 Å². The van der Waals surface area contributed by atoms with Gasteiger partial charge >= 0.3 is 0 Å². The molecule has 0 atom stereocenters. The molecule has 0 radical (unpaired) electrons. The van der Waals surface area contributed by atoms with E-state index in [4.69, 9.17) is 33.3 Å². The molecule has 1 fully saturated rings. The average Bonchev–Trinajstić information content (AvgIpc) is 2.70. The predicted molar refractivity (Wildman–Crippen MR) is 124 cm³/mol. The molecule has 1 N–H and O–H groups in total. The molecule has 1 saturated heterocycles. The fraction of sp³-hybridized carbons (Fsp3) is 0.0952. The highest BCUT2D eigenvalue weighted by molar-refractivity contribution is 9.10. The normalized spacial score (nSPS) is 15.2. The van der Waals surface area contributed by atoms with Crippen molar-refractivity contribution in [2.45, 2.75) is 0 Å². The highest BCUT2D eigenvalue weighted by atomic mass is 79.9. The Kier molecular flexibility index (Phi) is 6.91. The number of carbonyl (C=O) groups excluding carboxylic acids is 2. The molecule has 1 heterocycles. The molecule has 1 aliphatic heterocycles. The molecular formula is C21H16BrClN2O4S. The lowest BCUT2D eigenvalue weighted by atomic mass is 10.1. The van der Waals surface area contributed by atoms with Crippen molar-refractivity contribution in [3.63, 3.8) is 0 Å². The van der Waals surface area contributed by atoms with Crippen LogP contribution in [0.1, 0.15) is 5.56 Å². The summed E-state index contributed by atoms with van der Waals surface area (Å²) in [4.78, 5) is 26.8. The summed E-state index contributed by atoms with van der Waals surface area (Å²) in [6, 6.07) is 10.0. The first-order valence-corrected chi connectivity index (χ1v) is 10.2. The zero-order chi connectivity index (χ0) is 21.8. The van der Waals surface area contributed by atoms with Gasteiger partial charge in [0.05, 0.1) is 17.3 Å². The number of nitrogens with one attached hydrogen (secondary N) is 1. The molecule has 0 aromatic heterocycles. The van der Waals surface area contributed by atoms with Gasteiger partial charge in [-0.25, -0.2) is 0 Å². The Balaban J connectivity index is 2.02. The number of halogens is 2. The van der Waals surface area contributed by atoms with Crippen LogP contribution in [-0.4, -0.2) is 30.6 Å². The zero-order valence-corrected chi connectivity index (χ0v) is 18.9. The first-order chi connectivity index (χ1) is 14.3. The molecule has 0 saturated carbocycles. The van der Waals surface area contributed by atoms with Crippen LogP contribution in [0, 0.1) is 0 Å². The minimum atomic E-state index is -0.592. The van der Waals surface area contributed by atoms with E-state index < -0.39 is 11.8 Å². The summed E-state index contributed by atoms with van der Waals surface area (Å²) in [5.74, 6) is -0.233. The number of anilines is 1. The fourth-order valence-electron chi connectivity index (χ4n) is 2.78. The average molecular weight is 508 g/mol. The molecule has 154 valence electrons. The molecule has 6 nitrogen and oxygen atoms in total. The Morgan fingerprint density at radius 3 is 2.73 bits per heavy atom. The van der Waals surface area contributed by atoms with Gasteiger partial charge in [0.1, 0.15) is 12.2 Å². The third kappa shape index (κ3) is 4.56. The summed E-state index contributed by atoms with van der Waals surface area (Å²) in [5, 5.41) is 2.96. The van der Waals surface area contributed by atoms with Crippen LogP contribution in [0.5, 0.6) is 11.5 Å². The van der Waals surface area contributed by atoms with E-state index >= 15 is 0 Å². The highest BCUT2D eigenvalue weighted by Crippen LogP contribution is 2.37. The summed E-state index contributed by atoms with van der Waals surface area (Å²) in [6.45, 7) is 3.91. The molecule has 0 aliphatic carbocycles. The van der Waals surface area contributed by atoms with Gasteiger partial charge in [-0.05, 0) is 70.1 Å². The minimum absolute atomic E-state index is 0.0173. The lowest BCUT2D eigenvalue weighted by Gasteiger charge is -2.29. The quantitative estimate of drug-likeness (QED) is 0.270. The fourth-order valence-corrected chi connectivity index (χ4v) is 3.82. The smallest absolute Gasteiger partial charge is 0.270 e. The Morgan fingerprint density at radius 1 is 1.30 bits per heavy atom. The standard InChI is InChI=1S/C21H16BrClN2O4S/c1-3-7-29-18-16(22)9-12(10-17(18)28-2)8-15-19(26)24-21(30)25(20(15)27)14-6-4-5-13(23)11-14/h3-6,8-11H,1,7H2,2H3,(H,24,26,30)/b15-8+. The number of amides is 2. The number of thiocarbonyl (C=S) groups is 1. The monoisotopic (exact) mass is 506 g/mol. The van der Waals surface area contributed by atoms with E-state index in [1.165, 1.54) is 18.1 Å². The van der Waals surface area contributed by atoms with Gasteiger partial charge in [0, 0.05) is 5.02 Å². The van der Waals surface area contributed by atoms with Gasteiger partial charge < -0.3 is 9.47 Å². The van der Waals surface area contributed by atoms with Gasteiger partial charge in [0.25, 0.3) is 11.8 Å². The highest BCUT2D eigenvalue weighted by Gasteiger charge is 2.34. The zero-order valence-electron chi connectivity index (χ0n) is 15.8. The Hall–Kier alpha value is -2.68. The number of nitrogens with zero attached hydrogens (tertiary/aromatic N) is 1. The molecule has 2 aromatic carbocycles. The largest absolute Gasteiger partial charge is 0.493 e. The summed E-state index contributed by atoms with van der Waals surface area (Å²) in [5.41, 5.74) is 0.926. The summed E-state index contributed by atoms with van der Waals surface area (Å²) in [6.07, 6.45) is 3.07. The second-order valence-corrected chi connectivity index (χ2v) is 7.75. The first kappa shape index (κ1) is 22.0. The Labute approximate surface area is 192 Å². The number of benzene rings is 2. The number of hydrogen-bond acceptors (Lipinski definition) is 5. The molecule has 0 spiro atoms. The number of ether oxygens (including phenoxy) is 2. The van der Waals surface area contributed by atoms with Crippen LogP contribution >= 0.6 is 39.7 Å². The maximum absolute atomic E-state index is 13.1. The lowest BCUT2D eigenvalue weighted by molar-refractivity contribution is -0.122. The number of methoxy groups -OCH3 is 1. The third-order valence-corrected chi connectivity index (χ3v) is 5.19. The van der Waals surface area contributed by atoms with Crippen molar-refractivity contribution in [3.8, 4) is 11.5 Å².